The van der Waals surface area contributed by atoms with E-state index in [2.05, 4.69) is 51.3 Å². The Morgan fingerprint density at radius 3 is 2.45 bits per heavy atom. The van der Waals surface area contributed by atoms with E-state index in [9.17, 15) is 19.5 Å². The molecule has 3 N–H and O–H groups in total. The summed E-state index contributed by atoms with van der Waals surface area (Å²) in [5.41, 5.74) is -0.796. The Balaban J connectivity index is 1.23. The molecule has 3 fully saturated rings. The number of methoxy groups -OCH3 is 3. The minimum atomic E-state index is -2.32. The fraction of sp³-hybridized carbons (Fsp3) is 0.529. The second-order valence-corrected chi connectivity index (χ2v) is 20.5. The SMILES string of the molecule is CC[C@]1(NC(=O)c2ccsc2)C[C@H]2CN(CCc3c([nH]c4ccccc34)[C@@](C(=O)OC)(c3cc4c(cc3OC)N(C)[C@H]3[C@@](O)(C(=O)OC)[C@H](OC(C)=O)[C@]5(CC)C=CCN6CC[C@]43[C@@H]65)C2)C1. The van der Waals surface area contributed by atoms with Gasteiger partial charge in [0, 0.05) is 96.3 Å². The number of carbonyl (C=O) groups is 4. The van der Waals surface area contributed by atoms with Crippen LogP contribution in [0.5, 0.6) is 5.75 Å². The molecule has 4 aromatic rings. The van der Waals surface area contributed by atoms with Gasteiger partial charge in [-0.25, -0.2) is 4.79 Å². The van der Waals surface area contributed by atoms with Gasteiger partial charge in [-0.3, -0.25) is 19.3 Å². The molecule has 66 heavy (non-hydrogen) atoms. The molecule has 1 saturated carbocycles. The summed E-state index contributed by atoms with van der Waals surface area (Å²) < 4.78 is 24.2. The number of anilines is 1. The van der Waals surface area contributed by atoms with Gasteiger partial charge in [-0.1, -0.05) is 44.2 Å². The van der Waals surface area contributed by atoms with E-state index in [-0.39, 0.29) is 17.9 Å². The number of carbonyl (C=O) groups excluding carboxylic acids is 4. The lowest BCUT2D eigenvalue weighted by Gasteiger charge is -2.63. The molecule has 2 bridgehead atoms. The number of para-hydroxylation sites is 1. The van der Waals surface area contributed by atoms with Crippen molar-refractivity contribution in [3.8, 4) is 5.75 Å². The van der Waals surface area contributed by atoms with E-state index in [1.54, 1.807) is 7.11 Å². The van der Waals surface area contributed by atoms with Crippen LogP contribution >= 0.6 is 11.3 Å². The number of thiophene rings is 1. The predicted octanol–water partition coefficient (Wildman–Crippen LogP) is 5.49. The van der Waals surface area contributed by atoms with Crippen molar-refractivity contribution in [3.63, 3.8) is 0 Å². The topological polar surface area (TPSA) is 163 Å². The summed E-state index contributed by atoms with van der Waals surface area (Å²) in [6, 6.07) is 12.8. The van der Waals surface area contributed by atoms with Crippen LogP contribution in [0.25, 0.3) is 10.9 Å². The number of aliphatic hydroxyl groups is 1. The van der Waals surface area contributed by atoms with Crippen LogP contribution in [0.3, 0.4) is 0 Å². The first kappa shape index (κ1) is 44.6. The number of piperidine rings is 1. The molecule has 350 valence electrons. The Kier molecular flexibility index (Phi) is 10.8. The largest absolute Gasteiger partial charge is 0.496 e. The number of aromatic nitrogens is 1. The summed E-state index contributed by atoms with van der Waals surface area (Å²) in [4.78, 5) is 67.8. The molecule has 1 amide bonds. The number of esters is 3. The van der Waals surface area contributed by atoms with Crippen LogP contribution in [0.1, 0.15) is 85.6 Å². The summed E-state index contributed by atoms with van der Waals surface area (Å²) in [7, 11) is 6.17. The standard InChI is InChI=1S/C51H61N5O9S/c1-8-47(53-41(58)32-16-22-66-28-32)25-31-26-50(45(59)63-6,40-34(15-20-55(27-31)29-47)33-13-10-11-14-37(33)52-40)36-23-35-38(24-39(36)62-5)54(4)43-49(35)18-21-56-19-12-17-48(9-2,42(49)56)44(65-30(3)57)51(43,61)46(60)64-7/h10-14,16-17,22-24,28,31,42-44,52,61H,8-9,15,18-21,25-27,29H2,1-7H3,(H,53,58)/t31-,42+,43-,44-,47+,48-,49-,50+,51+/m1/s1. The molecule has 7 heterocycles. The smallest absolute Gasteiger partial charge is 0.344 e. The molecule has 2 saturated heterocycles. The highest BCUT2D eigenvalue weighted by atomic mass is 32.1. The Labute approximate surface area is 389 Å². The number of amides is 1. The molecule has 1 spiro atoms. The van der Waals surface area contributed by atoms with E-state index in [1.165, 1.54) is 32.5 Å². The van der Waals surface area contributed by atoms with Gasteiger partial charge in [0.1, 0.15) is 11.2 Å². The Hall–Kier alpha value is -5.22. The summed E-state index contributed by atoms with van der Waals surface area (Å²) in [6.07, 6.45) is 6.10. The molecular weight excluding hydrogens is 859 g/mol. The van der Waals surface area contributed by atoms with Crippen molar-refractivity contribution in [2.45, 2.75) is 99.5 Å². The van der Waals surface area contributed by atoms with Crippen molar-refractivity contribution < 1.29 is 43.2 Å². The number of fused-ring (bicyclic) bond motifs is 6. The van der Waals surface area contributed by atoms with Crippen molar-refractivity contribution >= 4 is 51.7 Å². The zero-order chi connectivity index (χ0) is 46.6. The van der Waals surface area contributed by atoms with Gasteiger partial charge in [-0.2, -0.15) is 11.3 Å². The summed E-state index contributed by atoms with van der Waals surface area (Å²) in [6.45, 7) is 8.80. The van der Waals surface area contributed by atoms with Crippen LogP contribution in [0.2, 0.25) is 0 Å². The maximum absolute atomic E-state index is 15.6. The zero-order valence-corrected chi connectivity index (χ0v) is 39.7. The van der Waals surface area contributed by atoms with Gasteiger partial charge >= 0.3 is 17.9 Å². The number of hydrogen-bond donors (Lipinski definition) is 3. The normalized spacial score (nSPS) is 34.2. The maximum atomic E-state index is 15.6. The van der Waals surface area contributed by atoms with E-state index in [0.29, 0.717) is 88.1 Å². The minimum absolute atomic E-state index is 0.105. The number of hydrogen-bond acceptors (Lipinski definition) is 13. The molecular formula is C51H61N5O9S. The van der Waals surface area contributed by atoms with Crippen LogP contribution in [0.4, 0.5) is 5.69 Å². The third-order valence-electron chi connectivity index (χ3n) is 16.8. The van der Waals surface area contributed by atoms with Gasteiger partial charge in [-0.15, -0.1) is 0 Å². The summed E-state index contributed by atoms with van der Waals surface area (Å²) in [5.74, 6) is -1.70. The average molecular weight is 920 g/mol. The maximum Gasteiger partial charge on any atom is 0.344 e. The van der Waals surface area contributed by atoms with Gasteiger partial charge in [0.15, 0.2) is 6.10 Å². The van der Waals surface area contributed by atoms with E-state index < -0.39 is 57.4 Å². The lowest BCUT2D eigenvalue weighted by Crippen LogP contribution is -2.81. The fourth-order valence-corrected chi connectivity index (χ4v) is 15.1. The lowest BCUT2D eigenvalue weighted by atomic mass is 9.47. The van der Waals surface area contributed by atoms with E-state index in [0.717, 1.165) is 33.4 Å². The zero-order valence-electron chi connectivity index (χ0n) is 38.9. The van der Waals surface area contributed by atoms with Crippen LogP contribution in [0, 0.1) is 11.3 Å². The highest BCUT2D eigenvalue weighted by molar-refractivity contribution is 7.08. The minimum Gasteiger partial charge on any atom is -0.496 e. The number of aromatic amines is 1. The molecule has 0 radical (unpaired) electrons. The van der Waals surface area contributed by atoms with Gasteiger partial charge in [0.25, 0.3) is 5.91 Å². The Bertz CT molecular complexity index is 2650. The molecule has 1 unspecified atom stereocenters. The van der Waals surface area contributed by atoms with E-state index in [1.807, 2.05) is 60.0 Å². The van der Waals surface area contributed by atoms with Crippen LogP contribution in [-0.4, -0.2) is 134 Å². The fourth-order valence-electron chi connectivity index (χ4n) is 14.4. The monoisotopic (exact) mass is 919 g/mol. The second-order valence-electron chi connectivity index (χ2n) is 19.7. The molecule has 15 heteroatoms. The van der Waals surface area contributed by atoms with Crippen molar-refractivity contribution in [2.24, 2.45) is 11.3 Å². The van der Waals surface area contributed by atoms with E-state index in [4.69, 9.17) is 18.9 Å². The molecule has 10 rings (SSSR count). The number of nitrogens with zero attached hydrogens (tertiary/aromatic N) is 3. The second kappa shape index (κ2) is 16.0. The first-order valence-corrected chi connectivity index (χ1v) is 24.3. The van der Waals surface area contributed by atoms with Crippen LogP contribution in [-0.2, 0) is 45.8 Å². The van der Waals surface area contributed by atoms with Gasteiger partial charge in [-0.05, 0) is 85.7 Å². The van der Waals surface area contributed by atoms with Crippen LogP contribution < -0.4 is 15.0 Å². The third-order valence-corrected chi connectivity index (χ3v) is 17.5. The first-order chi connectivity index (χ1) is 31.7. The number of H-pyrrole nitrogens is 1. The van der Waals surface area contributed by atoms with Crippen molar-refractivity contribution in [3.05, 3.63) is 93.3 Å². The van der Waals surface area contributed by atoms with Gasteiger partial charge < -0.3 is 44.2 Å². The van der Waals surface area contributed by atoms with Gasteiger partial charge in [0.2, 0.25) is 5.60 Å². The first-order valence-electron chi connectivity index (χ1n) is 23.3. The van der Waals surface area contributed by atoms with Crippen molar-refractivity contribution in [2.75, 3.05) is 66.0 Å². The molecule has 10 atom stereocenters. The Morgan fingerprint density at radius 2 is 1.76 bits per heavy atom. The predicted molar refractivity (Wildman–Crippen MR) is 250 cm³/mol. The number of rotatable bonds is 9. The van der Waals surface area contributed by atoms with Crippen molar-refractivity contribution in [1.82, 2.24) is 20.1 Å². The van der Waals surface area contributed by atoms with Crippen LogP contribution in [0.15, 0.2) is 65.4 Å². The molecule has 2 aromatic heterocycles. The average Bonchev–Trinajstić information content (AvgIpc) is 4.13. The highest BCUT2D eigenvalue weighted by Gasteiger charge is 2.80. The van der Waals surface area contributed by atoms with Gasteiger partial charge in [0.05, 0.1) is 38.5 Å². The van der Waals surface area contributed by atoms with Crippen molar-refractivity contribution in [1.29, 1.82) is 0 Å². The lowest BCUT2D eigenvalue weighted by molar-refractivity contribution is -0.228. The van der Waals surface area contributed by atoms with E-state index >= 15 is 4.79 Å². The molecule has 1 aliphatic carbocycles. The number of likely N-dealkylation sites (N-methyl/N-ethyl adjacent to an activating group) is 1. The third kappa shape index (κ3) is 6.00. The summed E-state index contributed by atoms with van der Waals surface area (Å²) in [5, 5.41) is 21.7. The quantitative estimate of drug-likeness (QED) is 0.110. The molecule has 6 aliphatic rings. The summed E-state index contributed by atoms with van der Waals surface area (Å²) >= 11 is 1.49. The highest BCUT2D eigenvalue weighted by Crippen LogP contribution is 2.68. The number of ether oxygens (including phenoxy) is 4. The Morgan fingerprint density at radius 1 is 0.970 bits per heavy atom. The molecule has 5 aliphatic heterocycles. The molecule has 2 aromatic carbocycles. The number of benzene rings is 2. The number of nitrogens with one attached hydrogen (secondary N) is 2. The molecule has 14 nitrogen and oxygen atoms in total.